The molecule has 0 aromatic heterocycles. The fourth-order valence-electron chi connectivity index (χ4n) is 1.72. The van der Waals surface area contributed by atoms with Crippen LogP contribution in [0.4, 0.5) is 10.5 Å². The molecule has 2 amide bonds. The van der Waals surface area contributed by atoms with Gasteiger partial charge in [-0.05, 0) is 17.7 Å². The third-order valence-corrected chi connectivity index (χ3v) is 2.91. The minimum atomic E-state index is -0.521. The maximum Gasteiger partial charge on any atom is 0.319 e. The molecule has 0 radical (unpaired) electrons. The number of benzene rings is 2. The van der Waals surface area contributed by atoms with Crippen LogP contribution in [0.5, 0.6) is 0 Å². The quantitative estimate of drug-likeness (QED) is 0.903. The van der Waals surface area contributed by atoms with Gasteiger partial charge in [-0.3, -0.25) is 4.90 Å². The standard InChI is InChI=1S/C14H13ClN2O/c15-12-8-4-5-9-13(12)17(14(16)18)10-11-6-2-1-3-7-11/h1-9H,10H2,(H2,16,18). The van der Waals surface area contributed by atoms with Gasteiger partial charge in [0.1, 0.15) is 0 Å². The lowest BCUT2D eigenvalue weighted by atomic mass is 10.2. The highest BCUT2D eigenvalue weighted by molar-refractivity contribution is 6.33. The molecule has 0 fully saturated rings. The van der Waals surface area contributed by atoms with Crippen LogP contribution in [0.2, 0.25) is 5.02 Å². The summed E-state index contributed by atoms with van der Waals surface area (Å²) in [7, 11) is 0. The van der Waals surface area contributed by atoms with Gasteiger partial charge in [-0.25, -0.2) is 4.79 Å². The SMILES string of the molecule is NC(=O)N(Cc1ccccc1)c1ccccc1Cl. The maximum absolute atomic E-state index is 11.5. The van der Waals surface area contributed by atoms with Gasteiger partial charge in [0.05, 0.1) is 17.3 Å². The van der Waals surface area contributed by atoms with Gasteiger partial charge in [-0.2, -0.15) is 0 Å². The molecule has 2 aromatic carbocycles. The van der Waals surface area contributed by atoms with Crippen molar-refractivity contribution < 1.29 is 4.79 Å². The van der Waals surface area contributed by atoms with E-state index in [-0.39, 0.29) is 0 Å². The van der Waals surface area contributed by atoms with Crippen molar-refractivity contribution in [2.24, 2.45) is 5.73 Å². The average Bonchev–Trinajstić information content (AvgIpc) is 2.38. The fraction of sp³-hybridized carbons (Fsp3) is 0.0714. The molecule has 0 aliphatic rings. The Morgan fingerprint density at radius 2 is 1.67 bits per heavy atom. The number of hydrogen-bond donors (Lipinski definition) is 1. The van der Waals surface area contributed by atoms with Crippen molar-refractivity contribution in [1.82, 2.24) is 0 Å². The lowest BCUT2D eigenvalue weighted by molar-refractivity contribution is 0.253. The number of anilines is 1. The van der Waals surface area contributed by atoms with Gasteiger partial charge in [0.2, 0.25) is 0 Å². The monoisotopic (exact) mass is 260 g/mol. The van der Waals surface area contributed by atoms with Gasteiger partial charge >= 0.3 is 6.03 Å². The molecule has 0 saturated carbocycles. The largest absolute Gasteiger partial charge is 0.351 e. The first-order valence-corrected chi connectivity index (χ1v) is 5.91. The predicted octanol–water partition coefficient (Wildman–Crippen LogP) is 3.43. The Hall–Kier alpha value is -2.00. The van der Waals surface area contributed by atoms with E-state index in [2.05, 4.69) is 0 Å². The van der Waals surface area contributed by atoms with Crippen molar-refractivity contribution in [2.45, 2.75) is 6.54 Å². The number of nitrogens with two attached hydrogens (primary N) is 1. The molecule has 2 N–H and O–H groups in total. The zero-order valence-electron chi connectivity index (χ0n) is 9.71. The molecule has 92 valence electrons. The Balaban J connectivity index is 2.30. The summed E-state index contributed by atoms with van der Waals surface area (Å²) in [4.78, 5) is 13.0. The van der Waals surface area contributed by atoms with Gasteiger partial charge in [0, 0.05) is 0 Å². The van der Waals surface area contributed by atoms with Gasteiger partial charge in [-0.15, -0.1) is 0 Å². The van der Waals surface area contributed by atoms with Crippen LogP contribution < -0.4 is 10.6 Å². The van der Waals surface area contributed by atoms with E-state index in [1.54, 1.807) is 12.1 Å². The number of amides is 2. The molecule has 3 nitrogen and oxygen atoms in total. The summed E-state index contributed by atoms with van der Waals surface area (Å²) in [6, 6.07) is 16.3. The number of nitrogens with zero attached hydrogens (tertiary/aromatic N) is 1. The summed E-state index contributed by atoms with van der Waals surface area (Å²) in [5.74, 6) is 0. The highest BCUT2D eigenvalue weighted by Gasteiger charge is 2.15. The summed E-state index contributed by atoms with van der Waals surface area (Å²) in [5, 5.41) is 0.507. The van der Waals surface area contributed by atoms with E-state index in [1.165, 1.54) is 4.90 Å². The lowest BCUT2D eigenvalue weighted by Gasteiger charge is -2.21. The molecular weight excluding hydrogens is 248 g/mol. The maximum atomic E-state index is 11.5. The van der Waals surface area contributed by atoms with Crippen LogP contribution in [0.25, 0.3) is 0 Å². The first-order valence-electron chi connectivity index (χ1n) is 5.54. The lowest BCUT2D eigenvalue weighted by Crippen LogP contribution is -2.35. The third kappa shape index (κ3) is 2.81. The Morgan fingerprint density at radius 1 is 1.06 bits per heavy atom. The number of rotatable bonds is 3. The van der Waals surface area contributed by atoms with Crippen LogP contribution in [-0.4, -0.2) is 6.03 Å². The molecule has 2 aromatic rings. The first kappa shape index (κ1) is 12.5. The number of primary amides is 1. The number of hydrogen-bond acceptors (Lipinski definition) is 1. The first-order chi connectivity index (χ1) is 8.68. The molecule has 0 aliphatic carbocycles. The van der Waals surface area contributed by atoms with Crippen LogP contribution in [0, 0.1) is 0 Å². The van der Waals surface area contributed by atoms with Gasteiger partial charge in [-0.1, -0.05) is 54.1 Å². The molecule has 0 spiro atoms. The summed E-state index contributed by atoms with van der Waals surface area (Å²) in [5.41, 5.74) is 7.03. The molecule has 0 bridgehead atoms. The molecule has 0 unspecified atom stereocenters. The Bertz CT molecular complexity index is 543. The molecule has 2 rings (SSSR count). The second-order valence-electron chi connectivity index (χ2n) is 3.86. The zero-order chi connectivity index (χ0) is 13.0. The van der Waals surface area contributed by atoms with Crippen LogP contribution in [0.3, 0.4) is 0 Å². The van der Waals surface area contributed by atoms with E-state index in [4.69, 9.17) is 17.3 Å². The average molecular weight is 261 g/mol. The number of carbonyl (C=O) groups is 1. The highest BCUT2D eigenvalue weighted by atomic mass is 35.5. The smallest absolute Gasteiger partial charge is 0.319 e. The van der Waals surface area contributed by atoms with E-state index in [0.29, 0.717) is 17.3 Å². The van der Waals surface area contributed by atoms with Crippen molar-refractivity contribution >= 4 is 23.3 Å². The number of carbonyl (C=O) groups excluding carboxylic acids is 1. The van der Waals surface area contributed by atoms with Crippen molar-refractivity contribution in [3.05, 3.63) is 65.2 Å². The Labute approximate surface area is 111 Å². The minimum absolute atomic E-state index is 0.403. The molecule has 0 heterocycles. The van der Waals surface area contributed by atoms with Crippen LogP contribution in [-0.2, 0) is 6.54 Å². The summed E-state index contributed by atoms with van der Waals surface area (Å²) >= 11 is 6.08. The molecule has 0 saturated heterocycles. The van der Waals surface area contributed by atoms with E-state index in [0.717, 1.165) is 5.56 Å². The van der Waals surface area contributed by atoms with Crippen molar-refractivity contribution in [1.29, 1.82) is 0 Å². The number of urea groups is 1. The van der Waals surface area contributed by atoms with E-state index in [9.17, 15) is 4.79 Å². The summed E-state index contributed by atoms with van der Waals surface area (Å²) < 4.78 is 0. The Kier molecular flexibility index (Phi) is 3.85. The van der Waals surface area contributed by atoms with Crippen LogP contribution in [0.1, 0.15) is 5.56 Å². The molecule has 4 heteroatoms. The summed E-state index contributed by atoms with van der Waals surface area (Å²) in [6.07, 6.45) is 0. The minimum Gasteiger partial charge on any atom is -0.351 e. The van der Waals surface area contributed by atoms with E-state index < -0.39 is 6.03 Å². The molecule has 18 heavy (non-hydrogen) atoms. The fourth-order valence-corrected chi connectivity index (χ4v) is 1.96. The zero-order valence-corrected chi connectivity index (χ0v) is 10.5. The third-order valence-electron chi connectivity index (χ3n) is 2.59. The van der Waals surface area contributed by atoms with Crippen molar-refractivity contribution in [3.63, 3.8) is 0 Å². The Morgan fingerprint density at radius 3 is 2.28 bits per heavy atom. The van der Waals surface area contributed by atoms with Crippen LogP contribution in [0.15, 0.2) is 54.6 Å². The normalized spacial score (nSPS) is 10.1. The van der Waals surface area contributed by atoms with Crippen molar-refractivity contribution in [3.8, 4) is 0 Å². The number of halogens is 1. The summed E-state index contributed by atoms with van der Waals surface area (Å²) in [6.45, 7) is 0.403. The highest BCUT2D eigenvalue weighted by Crippen LogP contribution is 2.26. The topological polar surface area (TPSA) is 46.3 Å². The van der Waals surface area contributed by atoms with Gasteiger partial charge in [0.15, 0.2) is 0 Å². The molecular formula is C14H13ClN2O. The molecule has 0 atom stereocenters. The molecule has 0 aliphatic heterocycles. The van der Waals surface area contributed by atoms with Crippen LogP contribution >= 0.6 is 11.6 Å². The second kappa shape index (κ2) is 5.56. The van der Waals surface area contributed by atoms with E-state index >= 15 is 0 Å². The van der Waals surface area contributed by atoms with Crippen molar-refractivity contribution in [2.75, 3.05) is 4.90 Å². The number of para-hydroxylation sites is 1. The van der Waals surface area contributed by atoms with Gasteiger partial charge < -0.3 is 5.73 Å². The van der Waals surface area contributed by atoms with Gasteiger partial charge in [0.25, 0.3) is 0 Å². The second-order valence-corrected chi connectivity index (χ2v) is 4.27. The predicted molar refractivity (Wildman–Crippen MR) is 73.7 cm³/mol. The van der Waals surface area contributed by atoms with E-state index in [1.807, 2.05) is 42.5 Å².